The van der Waals surface area contributed by atoms with Gasteiger partial charge in [-0.1, -0.05) is 180 Å². The Balaban J connectivity index is 3.50. The molecular formula is C42H80O4. The Labute approximate surface area is 287 Å². The molecule has 0 rings (SSSR count). The molecule has 0 amide bonds. The maximum atomic E-state index is 12.4. The third-order valence-electron chi connectivity index (χ3n) is 9.47. The van der Waals surface area contributed by atoms with Crippen LogP contribution in [0.15, 0.2) is 12.2 Å². The van der Waals surface area contributed by atoms with E-state index in [0.29, 0.717) is 12.8 Å². The molecule has 0 aromatic carbocycles. The summed E-state index contributed by atoms with van der Waals surface area (Å²) < 4.78 is 5.89. The zero-order valence-electron chi connectivity index (χ0n) is 31.2. The molecule has 0 saturated heterocycles. The van der Waals surface area contributed by atoms with Crippen LogP contribution < -0.4 is 0 Å². The molecule has 0 radical (unpaired) electrons. The van der Waals surface area contributed by atoms with Crippen molar-refractivity contribution >= 4 is 11.9 Å². The van der Waals surface area contributed by atoms with Crippen molar-refractivity contribution in [3.05, 3.63) is 12.2 Å². The molecule has 4 heteroatoms. The lowest BCUT2D eigenvalue weighted by Crippen LogP contribution is -2.18. The average Bonchev–Trinajstić information content (AvgIpc) is 3.03. The van der Waals surface area contributed by atoms with Crippen LogP contribution in [-0.2, 0) is 14.3 Å². The quantitative estimate of drug-likeness (QED) is 0.0411. The van der Waals surface area contributed by atoms with E-state index in [9.17, 15) is 9.59 Å². The maximum Gasteiger partial charge on any atom is 0.306 e. The second kappa shape index (κ2) is 38.1. The second-order valence-electron chi connectivity index (χ2n) is 14.2. The molecule has 0 spiro atoms. The Kier molecular flexibility index (Phi) is 37.0. The average molecular weight is 649 g/mol. The Morgan fingerprint density at radius 2 is 0.826 bits per heavy atom. The normalized spacial score (nSPS) is 12.2. The van der Waals surface area contributed by atoms with Crippen molar-refractivity contribution in [2.24, 2.45) is 0 Å². The number of rotatable bonds is 38. The van der Waals surface area contributed by atoms with Gasteiger partial charge in [-0.15, -0.1) is 0 Å². The summed E-state index contributed by atoms with van der Waals surface area (Å²) in [7, 11) is 0. The fourth-order valence-electron chi connectivity index (χ4n) is 6.47. The topological polar surface area (TPSA) is 63.6 Å². The fourth-order valence-corrected chi connectivity index (χ4v) is 6.47. The number of aliphatic carboxylic acids is 1. The number of carboxylic acid groups (broad SMARTS) is 1. The SMILES string of the molecule is CCCCCCCC/C=C\CCCCCCCCCC(=O)OC(CCC)CCCCCCCCCCCCCCCCCC(=O)O. The summed E-state index contributed by atoms with van der Waals surface area (Å²) in [6.45, 7) is 4.47. The predicted molar refractivity (Wildman–Crippen MR) is 200 cm³/mol. The lowest BCUT2D eigenvalue weighted by Gasteiger charge is -2.17. The van der Waals surface area contributed by atoms with Crippen LogP contribution in [0.25, 0.3) is 0 Å². The molecule has 46 heavy (non-hydrogen) atoms. The van der Waals surface area contributed by atoms with Crippen LogP contribution >= 0.6 is 0 Å². The predicted octanol–water partition coefficient (Wildman–Crippen LogP) is 14.2. The molecule has 0 saturated carbocycles. The van der Waals surface area contributed by atoms with E-state index in [1.807, 2.05) is 0 Å². The minimum atomic E-state index is -0.664. The Bertz CT molecular complexity index is 658. The lowest BCUT2D eigenvalue weighted by atomic mass is 10.0. The van der Waals surface area contributed by atoms with Gasteiger partial charge in [0.05, 0.1) is 0 Å². The van der Waals surface area contributed by atoms with E-state index in [0.717, 1.165) is 44.9 Å². The highest BCUT2D eigenvalue weighted by atomic mass is 16.5. The van der Waals surface area contributed by atoms with Crippen molar-refractivity contribution in [3.63, 3.8) is 0 Å². The molecule has 0 aromatic heterocycles. The van der Waals surface area contributed by atoms with Gasteiger partial charge in [-0.2, -0.15) is 0 Å². The van der Waals surface area contributed by atoms with E-state index in [1.165, 1.54) is 167 Å². The molecule has 0 aromatic rings. The summed E-state index contributed by atoms with van der Waals surface area (Å²) >= 11 is 0. The lowest BCUT2D eigenvalue weighted by molar-refractivity contribution is -0.150. The van der Waals surface area contributed by atoms with Crippen molar-refractivity contribution in [1.29, 1.82) is 0 Å². The molecule has 0 aliphatic rings. The standard InChI is InChI=1S/C42H80O4/c1-3-5-6-7-8-9-10-11-12-13-17-20-23-26-29-32-35-39-42(45)46-40(36-4-2)37-33-30-27-24-21-18-15-14-16-19-22-25-28-31-34-38-41(43)44/h11-12,40H,3-10,13-39H2,1-2H3,(H,43,44)/b12-11-. The Morgan fingerprint density at radius 1 is 0.457 bits per heavy atom. The van der Waals surface area contributed by atoms with Crippen molar-refractivity contribution in [2.75, 3.05) is 0 Å². The number of carbonyl (C=O) groups is 2. The number of carbonyl (C=O) groups excluding carboxylic acids is 1. The smallest absolute Gasteiger partial charge is 0.306 e. The molecule has 0 bridgehead atoms. The molecule has 1 atom stereocenters. The van der Waals surface area contributed by atoms with Gasteiger partial charge in [0.25, 0.3) is 0 Å². The summed E-state index contributed by atoms with van der Waals surface area (Å²) in [4.78, 5) is 22.9. The third kappa shape index (κ3) is 37.1. The molecule has 1 N–H and O–H groups in total. The molecule has 0 aliphatic heterocycles. The van der Waals surface area contributed by atoms with Crippen LogP contribution in [0.5, 0.6) is 0 Å². The first-order valence-corrected chi connectivity index (χ1v) is 20.7. The van der Waals surface area contributed by atoms with Gasteiger partial charge in [-0.25, -0.2) is 0 Å². The van der Waals surface area contributed by atoms with Crippen molar-refractivity contribution in [1.82, 2.24) is 0 Å². The van der Waals surface area contributed by atoms with E-state index in [-0.39, 0.29) is 12.1 Å². The number of unbranched alkanes of at least 4 members (excludes halogenated alkanes) is 27. The van der Waals surface area contributed by atoms with Crippen LogP contribution in [-0.4, -0.2) is 23.1 Å². The molecule has 0 heterocycles. The summed E-state index contributed by atoms with van der Waals surface area (Å²) in [6, 6.07) is 0. The van der Waals surface area contributed by atoms with Crippen molar-refractivity contribution in [2.45, 2.75) is 245 Å². The van der Waals surface area contributed by atoms with Gasteiger partial charge in [0.2, 0.25) is 0 Å². The van der Waals surface area contributed by atoms with E-state index in [2.05, 4.69) is 26.0 Å². The van der Waals surface area contributed by atoms with Gasteiger partial charge in [0.1, 0.15) is 6.10 Å². The molecule has 1 unspecified atom stereocenters. The van der Waals surface area contributed by atoms with Crippen LogP contribution in [0.2, 0.25) is 0 Å². The Morgan fingerprint density at radius 3 is 1.24 bits per heavy atom. The first-order chi connectivity index (χ1) is 22.6. The zero-order chi connectivity index (χ0) is 33.6. The minimum absolute atomic E-state index is 0.0296. The molecule has 0 fully saturated rings. The largest absolute Gasteiger partial charge is 0.481 e. The first kappa shape index (κ1) is 44.7. The minimum Gasteiger partial charge on any atom is -0.481 e. The van der Waals surface area contributed by atoms with E-state index < -0.39 is 5.97 Å². The number of hydrogen-bond donors (Lipinski definition) is 1. The van der Waals surface area contributed by atoms with Gasteiger partial charge in [0.15, 0.2) is 0 Å². The summed E-state index contributed by atoms with van der Waals surface area (Å²) in [5.41, 5.74) is 0. The third-order valence-corrected chi connectivity index (χ3v) is 9.47. The number of carboxylic acids is 1. The highest BCUT2D eigenvalue weighted by molar-refractivity contribution is 5.69. The molecule has 0 aliphatic carbocycles. The summed E-state index contributed by atoms with van der Waals surface area (Å²) in [5.74, 6) is -0.634. The van der Waals surface area contributed by atoms with E-state index in [4.69, 9.17) is 9.84 Å². The number of allylic oxidation sites excluding steroid dienone is 2. The number of ether oxygens (including phenoxy) is 1. The molecule has 272 valence electrons. The van der Waals surface area contributed by atoms with Gasteiger partial charge >= 0.3 is 11.9 Å². The van der Waals surface area contributed by atoms with Crippen molar-refractivity contribution < 1.29 is 19.4 Å². The van der Waals surface area contributed by atoms with Crippen LogP contribution in [0, 0.1) is 0 Å². The molecule has 4 nitrogen and oxygen atoms in total. The van der Waals surface area contributed by atoms with Crippen LogP contribution in [0.4, 0.5) is 0 Å². The van der Waals surface area contributed by atoms with Gasteiger partial charge in [-0.3, -0.25) is 9.59 Å². The second-order valence-corrected chi connectivity index (χ2v) is 14.2. The van der Waals surface area contributed by atoms with Crippen LogP contribution in [0.1, 0.15) is 239 Å². The van der Waals surface area contributed by atoms with E-state index >= 15 is 0 Å². The van der Waals surface area contributed by atoms with Crippen molar-refractivity contribution in [3.8, 4) is 0 Å². The first-order valence-electron chi connectivity index (χ1n) is 20.7. The Hall–Kier alpha value is -1.32. The highest BCUT2D eigenvalue weighted by Crippen LogP contribution is 2.18. The van der Waals surface area contributed by atoms with E-state index in [1.54, 1.807) is 0 Å². The fraction of sp³-hybridized carbons (Fsp3) is 0.905. The maximum absolute atomic E-state index is 12.4. The van der Waals surface area contributed by atoms with Gasteiger partial charge < -0.3 is 9.84 Å². The van der Waals surface area contributed by atoms with Gasteiger partial charge in [0, 0.05) is 12.8 Å². The monoisotopic (exact) mass is 649 g/mol. The summed E-state index contributed by atoms with van der Waals surface area (Å²) in [5, 5.41) is 8.66. The molecular weight excluding hydrogens is 568 g/mol. The summed E-state index contributed by atoms with van der Waals surface area (Å²) in [6.07, 6.45) is 47.3. The zero-order valence-corrected chi connectivity index (χ0v) is 31.2. The number of hydrogen-bond acceptors (Lipinski definition) is 3. The van der Waals surface area contributed by atoms with Gasteiger partial charge in [-0.05, 0) is 57.8 Å². The van der Waals surface area contributed by atoms with Crippen LogP contribution in [0.3, 0.4) is 0 Å². The number of esters is 1. The highest BCUT2D eigenvalue weighted by Gasteiger charge is 2.13.